The molecule has 3 aromatic carbocycles. The van der Waals surface area contributed by atoms with Gasteiger partial charge in [-0.25, -0.2) is 10.2 Å². The van der Waals surface area contributed by atoms with E-state index in [0.717, 1.165) is 10.1 Å². The third-order valence-corrected chi connectivity index (χ3v) is 6.75. The lowest BCUT2D eigenvalue weighted by Gasteiger charge is -2.13. The highest BCUT2D eigenvalue weighted by molar-refractivity contribution is 7.21. The van der Waals surface area contributed by atoms with Gasteiger partial charge in [0, 0.05) is 15.6 Å². The first-order valence-corrected chi connectivity index (χ1v) is 11.8. The predicted molar refractivity (Wildman–Crippen MR) is 139 cm³/mol. The number of amides is 1. The van der Waals surface area contributed by atoms with Crippen molar-refractivity contribution >= 4 is 51.1 Å². The second-order valence-corrected chi connectivity index (χ2v) is 8.75. The van der Waals surface area contributed by atoms with Gasteiger partial charge in [-0.05, 0) is 35.9 Å². The fourth-order valence-corrected chi connectivity index (χ4v) is 4.78. The third-order valence-electron chi connectivity index (χ3n) is 5.10. The van der Waals surface area contributed by atoms with Crippen molar-refractivity contribution in [2.24, 2.45) is 5.10 Å². The summed E-state index contributed by atoms with van der Waals surface area (Å²) in [6.07, 6.45) is 1.43. The average Bonchev–Trinajstić information content (AvgIpc) is 3.24. The fraction of sp³-hybridized carbons (Fsp3) is 0.115. The number of esters is 1. The van der Waals surface area contributed by atoms with Gasteiger partial charge in [-0.1, -0.05) is 41.9 Å². The van der Waals surface area contributed by atoms with Crippen LogP contribution in [0.1, 0.15) is 25.6 Å². The van der Waals surface area contributed by atoms with Crippen LogP contribution < -0.4 is 24.4 Å². The highest BCUT2D eigenvalue weighted by Crippen LogP contribution is 2.38. The Morgan fingerprint density at radius 1 is 0.944 bits per heavy atom. The van der Waals surface area contributed by atoms with Crippen LogP contribution in [0.3, 0.4) is 0 Å². The van der Waals surface area contributed by atoms with Crippen molar-refractivity contribution in [1.82, 2.24) is 5.43 Å². The van der Waals surface area contributed by atoms with Crippen molar-refractivity contribution < 1.29 is 28.5 Å². The number of rotatable bonds is 8. The van der Waals surface area contributed by atoms with Crippen LogP contribution in [0, 0.1) is 0 Å². The van der Waals surface area contributed by atoms with Gasteiger partial charge in [0.15, 0.2) is 11.5 Å². The summed E-state index contributed by atoms with van der Waals surface area (Å²) < 4.78 is 22.2. The zero-order valence-electron chi connectivity index (χ0n) is 19.5. The highest BCUT2D eigenvalue weighted by Gasteiger charge is 2.19. The first-order valence-electron chi connectivity index (χ1n) is 10.6. The Bertz CT molecular complexity index is 1440. The normalized spacial score (nSPS) is 10.9. The Morgan fingerprint density at radius 2 is 1.67 bits per heavy atom. The third kappa shape index (κ3) is 5.27. The van der Waals surface area contributed by atoms with Crippen LogP contribution in [-0.2, 0) is 0 Å². The Kier molecular flexibility index (Phi) is 7.72. The van der Waals surface area contributed by atoms with Gasteiger partial charge in [0.2, 0.25) is 5.75 Å². The molecule has 0 radical (unpaired) electrons. The number of hydrogen-bond acceptors (Lipinski definition) is 8. The number of thiophene rings is 1. The molecule has 1 heterocycles. The number of hydrazone groups is 1. The number of fused-ring (bicyclic) bond motifs is 1. The quantitative estimate of drug-likeness (QED) is 0.140. The molecule has 36 heavy (non-hydrogen) atoms. The minimum Gasteiger partial charge on any atom is -0.493 e. The zero-order valence-corrected chi connectivity index (χ0v) is 21.1. The molecule has 1 aromatic heterocycles. The molecule has 184 valence electrons. The Labute approximate surface area is 216 Å². The first kappa shape index (κ1) is 25.0. The molecule has 0 aliphatic rings. The lowest BCUT2D eigenvalue weighted by molar-refractivity contribution is 0.0740. The molecule has 0 saturated heterocycles. The summed E-state index contributed by atoms with van der Waals surface area (Å²) in [6.45, 7) is 0. The van der Waals surface area contributed by atoms with Crippen LogP contribution >= 0.6 is 22.9 Å². The number of benzene rings is 3. The molecule has 0 atom stereocenters. The molecule has 1 N–H and O–H groups in total. The van der Waals surface area contributed by atoms with Crippen LogP contribution in [0.25, 0.3) is 10.1 Å². The standard InChI is InChI=1S/C26H21ClN2O6S/c1-32-19-12-16(13-20(33-2)23(19)34-3)25(30)29-28-14-15-7-6-8-17(11-15)35-26(31)24-22(27)18-9-4-5-10-21(18)36-24/h4-14H,1-3H3,(H,29,30)/b28-14-. The monoisotopic (exact) mass is 524 g/mol. The number of nitrogens with zero attached hydrogens (tertiary/aromatic N) is 1. The van der Waals surface area contributed by atoms with Crippen molar-refractivity contribution in [2.45, 2.75) is 0 Å². The van der Waals surface area contributed by atoms with E-state index in [4.69, 9.17) is 30.5 Å². The summed E-state index contributed by atoms with van der Waals surface area (Å²) in [4.78, 5) is 25.6. The largest absolute Gasteiger partial charge is 0.493 e. The highest BCUT2D eigenvalue weighted by atomic mass is 35.5. The summed E-state index contributed by atoms with van der Waals surface area (Å²) in [5.41, 5.74) is 3.32. The minimum absolute atomic E-state index is 0.268. The van der Waals surface area contributed by atoms with Gasteiger partial charge in [0.05, 0.1) is 32.6 Å². The van der Waals surface area contributed by atoms with Gasteiger partial charge in [0.1, 0.15) is 10.6 Å². The second-order valence-electron chi connectivity index (χ2n) is 7.32. The molecule has 0 aliphatic heterocycles. The molecule has 0 saturated carbocycles. The van der Waals surface area contributed by atoms with Crippen molar-refractivity contribution in [3.63, 3.8) is 0 Å². The lowest BCUT2D eigenvalue weighted by Crippen LogP contribution is -2.18. The summed E-state index contributed by atoms with van der Waals surface area (Å²) >= 11 is 7.65. The molecule has 4 rings (SSSR count). The van der Waals surface area contributed by atoms with E-state index in [9.17, 15) is 9.59 Å². The van der Waals surface area contributed by atoms with Gasteiger partial charge in [-0.2, -0.15) is 5.10 Å². The van der Waals surface area contributed by atoms with Crippen molar-refractivity contribution in [3.8, 4) is 23.0 Å². The molecular formula is C26H21ClN2O6S. The van der Waals surface area contributed by atoms with Crippen LogP contribution in [0.15, 0.2) is 65.8 Å². The zero-order chi connectivity index (χ0) is 25.7. The molecule has 0 spiro atoms. The summed E-state index contributed by atoms with van der Waals surface area (Å²) in [6, 6.07) is 17.2. The van der Waals surface area contributed by atoms with Gasteiger partial charge in [0.25, 0.3) is 5.91 Å². The molecule has 8 nitrogen and oxygen atoms in total. The van der Waals surface area contributed by atoms with E-state index in [1.165, 1.54) is 51.0 Å². The first-order chi connectivity index (χ1) is 17.4. The van der Waals surface area contributed by atoms with E-state index in [1.54, 1.807) is 24.3 Å². The average molecular weight is 525 g/mol. The van der Waals surface area contributed by atoms with E-state index in [1.807, 2.05) is 24.3 Å². The fourth-order valence-electron chi connectivity index (χ4n) is 3.40. The smallest absolute Gasteiger partial charge is 0.355 e. The maximum absolute atomic E-state index is 12.7. The van der Waals surface area contributed by atoms with Crippen LogP contribution in [0.5, 0.6) is 23.0 Å². The molecule has 1 amide bonds. The van der Waals surface area contributed by atoms with Gasteiger partial charge < -0.3 is 18.9 Å². The van der Waals surface area contributed by atoms with Crippen molar-refractivity contribution in [2.75, 3.05) is 21.3 Å². The molecule has 0 aliphatic carbocycles. The Balaban J connectivity index is 1.45. The maximum atomic E-state index is 12.7. The Morgan fingerprint density at radius 3 is 2.33 bits per heavy atom. The van der Waals surface area contributed by atoms with Crippen molar-refractivity contribution in [3.05, 3.63) is 81.7 Å². The number of methoxy groups -OCH3 is 3. The predicted octanol–water partition coefficient (Wildman–Crippen LogP) is 5.56. The van der Waals surface area contributed by atoms with E-state index in [0.29, 0.717) is 38.5 Å². The summed E-state index contributed by atoms with van der Waals surface area (Å²) in [5.74, 6) is 0.355. The number of ether oxygens (including phenoxy) is 4. The molecular weight excluding hydrogens is 504 g/mol. The molecule has 0 bridgehead atoms. The molecule has 10 heteroatoms. The topological polar surface area (TPSA) is 95.5 Å². The van der Waals surface area contributed by atoms with Gasteiger partial charge in [-0.15, -0.1) is 11.3 Å². The minimum atomic E-state index is -0.550. The Hall–Kier alpha value is -4.08. The van der Waals surface area contributed by atoms with Gasteiger partial charge in [-0.3, -0.25) is 4.79 Å². The summed E-state index contributed by atoms with van der Waals surface area (Å²) in [7, 11) is 4.41. The SMILES string of the molecule is COc1cc(C(=O)N/N=C\c2cccc(OC(=O)c3sc4ccccc4c3Cl)c2)cc(OC)c1OC. The molecule has 0 unspecified atom stereocenters. The number of hydrogen-bond donors (Lipinski definition) is 1. The number of nitrogens with one attached hydrogen (secondary N) is 1. The van der Waals surface area contributed by atoms with E-state index >= 15 is 0 Å². The maximum Gasteiger partial charge on any atom is 0.355 e. The second kappa shape index (κ2) is 11.1. The molecule has 4 aromatic rings. The number of carbonyl (C=O) groups is 2. The lowest BCUT2D eigenvalue weighted by atomic mass is 10.1. The molecule has 0 fully saturated rings. The number of carbonyl (C=O) groups excluding carboxylic acids is 2. The van der Waals surface area contributed by atoms with Crippen LogP contribution in [0.4, 0.5) is 0 Å². The number of halogens is 1. The van der Waals surface area contributed by atoms with Gasteiger partial charge >= 0.3 is 5.97 Å². The van der Waals surface area contributed by atoms with Crippen LogP contribution in [0.2, 0.25) is 5.02 Å². The van der Waals surface area contributed by atoms with E-state index in [-0.39, 0.29) is 5.56 Å². The summed E-state index contributed by atoms with van der Waals surface area (Å²) in [5, 5.41) is 5.17. The van der Waals surface area contributed by atoms with E-state index < -0.39 is 11.9 Å². The van der Waals surface area contributed by atoms with Crippen molar-refractivity contribution in [1.29, 1.82) is 0 Å². The van der Waals surface area contributed by atoms with Crippen LogP contribution in [-0.4, -0.2) is 39.4 Å². The van der Waals surface area contributed by atoms with E-state index in [2.05, 4.69) is 10.5 Å².